The largest absolute Gasteiger partial charge is 0.396 e. The molecule has 0 saturated heterocycles. The summed E-state index contributed by atoms with van der Waals surface area (Å²) in [6.07, 6.45) is 2.35. The van der Waals surface area contributed by atoms with Crippen LogP contribution in [0.25, 0.3) is 0 Å². The Hall–Kier alpha value is -1.10. The normalized spacial score (nSPS) is 9.80. The molecule has 5 heteroatoms. The Morgan fingerprint density at radius 3 is 2.53 bits per heavy atom. The van der Waals surface area contributed by atoms with Gasteiger partial charge >= 0.3 is 11.8 Å². The number of aliphatic hydroxyl groups excluding tert-OH is 1. The van der Waals surface area contributed by atoms with E-state index in [9.17, 15) is 9.59 Å². The first-order valence-corrected chi connectivity index (χ1v) is 5.27. The fraction of sp³-hybridized carbons (Fsp3) is 0.800. The van der Waals surface area contributed by atoms with Gasteiger partial charge in [0, 0.05) is 26.7 Å². The van der Waals surface area contributed by atoms with Crippen LogP contribution in [-0.2, 0) is 9.59 Å². The van der Waals surface area contributed by atoms with E-state index in [1.54, 1.807) is 7.05 Å². The van der Waals surface area contributed by atoms with Crippen LogP contribution in [0.1, 0.15) is 26.2 Å². The number of unbranched alkanes of at least 4 members (excludes halogenated alkanes) is 1. The lowest BCUT2D eigenvalue weighted by Crippen LogP contribution is -2.41. The average molecular weight is 216 g/mol. The van der Waals surface area contributed by atoms with Crippen LogP contribution in [0.3, 0.4) is 0 Å². The van der Waals surface area contributed by atoms with E-state index in [-0.39, 0.29) is 6.61 Å². The van der Waals surface area contributed by atoms with Gasteiger partial charge in [-0.1, -0.05) is 13.3 Å². The van der Waals surface area contributed by atoms with Crippen molar-refractivity contribution in [2.24, 2.45) is 0 Å². The number of nitrogens with one attached hydrogen (secondary N) is 1. The van der Waals surface area contributed by atoms with Crippen molar-refractivity contribution in [3.8, 4) is 0 Å². The molecule has 88 valence electrons. The van der Waals surface area contributed by atoms with Gasteiger partial charge in [0.05, 0.1) is 0 Å². The fourth-order valence-corrected chi connectivity index (χ4v) is 1.03. The summed E-state index contributed by atoms with van der Waals surface area (Å²) in [4.78, 5) is 24.0. The van der Waals surface area contributed by atoms with Crippen molar-refractivity contribution in [3.05, 3.63) is 0 Å². The van der Waals surface area contributed by atoms with Gasteiger partial charge in [-0.15, -0.1) is 0 Å². The molecule has 0 radical (unpaired) electrons. The van der Waals surface area contributed by atoms with Crippen LogP contribution in [0.2, 0.25) is 0 Å². The van der Waals surface area contributed by atoms with E-state index in [1.165, 1.54) is 4.90 Å². The highest BCUT2D eigenvalue weighted by Crippen LogP contribution is 1.92. The summed E-state index contributed by atoms with van der Waals surface area (Å²) in [5.41, 5.74) is 0. The van der Waals surface area contributed by atoms with Crippen molar-refractivity contribution in [3.63, 3.8) is 0 Å². The van der Waals surface area contributed by atoms with Gasteiger partial charge in [0.1, 0.15) is 0 Å². The minimum absolute atomic E-state index is 0.0140. The van der Waals surface area contributed by atoms with Crippen LogP contribution in [0, 0.1) is 0 Å². The number of aliphatic hydroxyl groups is 1. The van der Waals surface area contributed by atoms with Crippen molar-refractivity contribution in [1.29, 1.82) is 0 Å². The first-order valence-electron chi connectivity index (χ1n) is 5.27. The Morgan fingerprint density at radius 1 is 1.33 bits per heavy atom. The van der Waals surface area contributed by atoms with Crippen molar-refractivity contribution < 1.29 is 14.7 Å². The van der Waals surface area contributed by atoms with Crippen LogP contribution in [0.15, 0.2) is 0 Å². The van der Waals surface area contributed by atoms with Crippen molar-refractivity contribution in [2.45, 2.75) is 26.2 Å². The van der Waals surface area contributed by atoms with Gasteiger partial charge < -0.3 is 15.3 Å². The first kappa shape index (κ1) is 13.9. The number of hydrogen-bond donors (Lipinski definition) is 2. The van der Waals surface area contributed by atoms with E-state index in [2.05, 4.69) is 5.32 Å². The van der Waals surface area contributed by atoms with Crippen molar-refractivity contribution in [1.82, 2.24) is 10.2 Å². The topological polar surface area (TPSA) is 69.6 Å². The maximum atomic E-state index is 11.4. The smallest absolute Gasteiger partial charge is 0.311 e. The predicted octanol–water partition coefficient (Wildman–Crippen LogP) is -0.256. The molecule has 0 aliphatic rings. The Labute approximate surface area is 90.5 Å². The highest BCUT2D eigenvalue weighted by atomic mass is 16.3. The molecule has 0 fully saturated rings. The molecule has 0 rings (SSSR count). The lowest BCUT2D eigenvalue weighted by molar-refractivity contribution is -0.145. The maximum absolute atomic E-state index is 11.4. The zero-order valence-corrected chi connectivity index (χ0v) is 9.45. The molecule has 2 amide bonds. The molecular formula is C10H20N2O3. The molecule has 0 aromatic carbocycles. The van der Waals surface area contributed by atoms with Gasteiger partial charge in [0.15, 0.2) is 0 Å². The van der Waals surface area contributed by atoms with Gasteiger partial charge in [-0.25, -0.2) is 0 Å². The third-order valence-corrected chi connectivity index (χ3v) is 2.01. The number of carbonyl (C=O) groups is 2. The molecule has 0 aliphatic heterocycles. The van der Waals surface area contributed by atoms with E-state index in [0.29, 0.717) is 19.5 Å². The number of amides is 2. The first-order chi connectivity index (χ1) is 7.13. The van der Waals surface area contributed by atoms with Crippen LogP contribution in [0.5, 0.6) is 0 Å². The average Bonchev–Trinajstić information content (AvgIpc) is 2.24. The molecule has 0 aromatic rings. The minimum Gasteiger partial charge on any atom is -0.396 e. The number of nitrogens with zero attached hydrogens (tertiary/aromatic N) is 1. The zero-order valence-electron chi connectivity index (χ0n) is 9.45. The molecule has 0 aromatic heterocycles. The monoisotopic (exact) mass is 216 g/mol. The van der Waals surface area contributed by atoms with Crippen LogP contribution in [0.4, 0.5) is 0 Å². The Balaban J connectivity index is 3.81. The molecule has 2 N–H and O–H groups in total. The second kappa shape index (κ2) is 8.23. The predicted molar refractivity (Wildman–Crippen MR) is 57.3 cm³/mol. The number of likely N-dealkylation sites (N-methyl/N-ethyl adjacent to an activating group) is 1. The van der Waals surface area contributed by atoms with Gasteiger partial charge in [-0.05, 0) is 12.8 Å². The third kappa shape index (κ3) is 6.06. The number of rotatable bonds is 6. The summed E-state index contributed by atoms with van der Waals surface area (Å²) >= 11 is 0. The Kier molecular flexibility index (Phi) is 7.62. The maximum Gasteiger partial charge on any atom is 0.311 e. The molecule has 0 atom stereocenters. The SMILES string of the molecule is CCCCN(C)C(=O)C(=O)NCCCO. The van der Waals surface area contributed by atoms with Gasteiger partial charge in [-0.3, -0.25) is 9.59 Å². The third-order valence-electron chi connectivity index (χ3n) is 2.01. The Bertz CT molecular complexity index is 207. The summed E-state index contributed by atoms with van der Waals surface area (Å²) in [6, 6.07) is 0. The lowest BCUT2D eigenvalue weighted by atomic mass is 10.3. The lowest BCUT2D eigenvalue weighted by Gasteiger charge is -2.15. The summed E-state index contributed by atoms with van der Waals surface area (Å²) in [5, 5.41) is 10.9. The summed E-state index contributed by atoms with van der Waals surface area (Å²) in [7, 11) is 1.61. The molecule has 0 unspecified atom stereocenters. The van der Waals surface area contributed by atoms with Crippen LogP contribution < -0.4 is 5.32 Å². The minimum atomic E-state index is -0.595. The number of hydrogen-bond acceptors (Lipinski definition) is 3. The van der Waals surface area contributed by atoms with E-state index >= 15 is 0 Å². The molecule has 0 heterocycles. The van der Waals surface area contributed by atoms with E-state index in [0.717, 1.165) is 12.8 Å². The standard InChI is InChI=1S/C10H20N2O3/c1-3-4-7-12(2)10(15)9(14)11-6-5-8-13/h13H,3-8H2,1-2H3,(H,11,14). The second-order valence-electron chi connectivity index (χ2n) is 3.41. The van der Waals surface area contributed by atoms with Crippen molar-refractivity contribution >= 4 is 11.8 Å². The molecule has 0 spiro atoms. The fourth-order valence-electron chi connectivity index (χ4n) is 1.03. The van der Waals surface area contributed by atoms with Crippen LogP contribution >= 0.6 is 0 Å². The molecular weight excluding hydrogens is 196 g/mol. The van der Waals surface area contributed by atoms with E-state index in [1.807, 2.05) is 6.92 Å². The summed E-state index contributed by atoms with van der Waals surface area (Å²) in [5.74, 6) is -1.11. The highest BCUT2D eigenvalue weighted by molar-refractivity contribution is 6.34. The van der Waals surface area contributed by atoms with Gasteiger partial charge in [0.25, 0.3) is 0 Å². The van der Waals surface area contributed by atoms with Gasteiger partial charge in [-0.2, -0.15) is 0 Å². The molecule has 5 nitrogen and oxygen atoms in total. The van der Waals surface area contributed by atoms with Crippen LogP contribution in [-0.4, -0.2) is 48.6 Å². The second-order valence-corrected chi connectivity index (χ2v) is 3.41. The quantitative estimate of drug-likeness (QED) is 0.475. The summed E-state index contributed by atoms with van der Waals surface area (Å²) < 4.78 is 0. The Morgan fingerprint density at radius 2 is 2.00 bits per heavy atom. The molecule has 0 aliphatic carbocycles. The zero-order chi connectivity index (χ0) is 11.7. The van der Waals surface area contributed by atoms with E-state index in [4.69, 9.17) is 5.11 Å². The van der Waals surface area contributed by atoms with Crippen molar-refractivity contribution in [2.75, 3.05) is 26.7 Å². The number of carbonyl (C=O) groups excluding carboxylic acids is 2. The van der Waals surface area contributed by atoms with Gasteiger partial charge in [0.2, 0.25) is 0 Å². The molecule has 0 bridgehead atoms. The molecule has 0 saturated carbocycles. The highest BCUT2D eigenvalue weighted by Gasteiger charge is 2.16. The summed E-state index contributed by atoms with van der Waals surface area (Å²) in [6.45, 7) is 2.98. The molecule has 15 heavy (non-hydrogen) atoms. The van der Waals surface area contributed by atoms with E-state index < -0.39 is 11.8 Å².